The predicted molar refractivity (Wildman–Crippen MR) is 379 cm³/mol. The van der Waals surface area contributed by atoms with Crippen molar-refractivity contribution in [3.8, 4) is 0 Å². The Balaban J connectivity index is 0.000000142. The molecule has 7 heterocycles. The first-order valence-electron chi connectivity index (χ1n) is 39.1. The van der Waals surface area contributed by atoms with Crippen LogP contribution in [0.2, 0.25) is 0 Å². The number of hydrogen-bond acceptors (Lipinski definition) is 14. The minimum Gasteiger partial charge on any atom is -0.390 e. The lowest BCUT2D eigenvalue weighted by Crippen LogP contribution is -2.43. The number of Topliss-reactive ketones (excluding diaryl/α,β-unsaturated/α-hetero) is 1. The third kappa shape index (κ3) is 21.0. The van der Waals surface area contributed by atoms with Gasteiger partial charge in [0, 0.05) is 59.8 Å². The molecule has 7 aliphatic heterocycles. The Bertz CT molecular complexity index is 2410. The van der Waals surface area contributed by atoms with Crippen molar-refractivity contribution in [2.45, 2.75) is 386 Å². The second-order valence-electron chi connectivity index (χ2n) is 36.6. The normalized spacial score (nSPS) is 44.8. The lowest BCUT2D eigenvalue weighted by atomic mass is 9.69. The van der Waals surface area contributed by atoms with Crippen molar-refractivity contribution in [3.05, 3.63) is 0 Å². The molecule has 0 aromatic carbocycles. The van der Waals surface area contributed by atoms with Gasteiger partial charge in [-0.2, -0.15) is 0 Å². The summed E-state index contributed by atoms with van der Waals surface area (Å²) in [6.45, 7) is 53.2. The van der Waals surface area contributed by atoms with Crippen molar-refractivity contribution in [1.82, 2.24) is 0 Å². The van der Waals surface area contributed by atoms with E-state index in [0.717, 1.165) is 95.9 Å². The summed E-state index contributed by atoms with van der Waals surface area (Å²) >= 11 is 0. The van der Waals surface area contributed by atoms with Crippen LogP contribution in [0.3, 0.4) is 0 Å². The standard InChI is InChI=1S/C14H26O2.C13H24O2.2C12H22O2.C11H20O2.C10H18O2.C9H14O2/c1-4-5-8-15-10-11(2)12-6-7-14(3)13(9-12)16-14;1-6-14-12(3,4)10-7-11-13(5,15-11)8-9(10)2;1-8-7-12(4)10(14-12)6-9(8)11(2,3)13-5;1-4-13-8-9(2)10-5-6-12(3)11(7-10)14-12;1-8(7-12-3)9-4-5-11(2)10(6-9)13-11;1-9(2,11)7-4-5-10(3)8(6-7)12-10;1-6(10)7-3-4-9(2)8(5-7)11-9/h11-13H,4-10H2,1-3H3;9-11H,6-8H2,1-5H3;8-10H,6-7H2,1-5H3;9-11H,4-8H2,1-3H3;8-10H,4-7H2,1-3H3;7-8,11H,4-6H2,1-3H3;7-8H,3-5H2,1-2H3. The Labute approximate surface area is 580 Å². The highest BCUT2D eigenvalue weighted by Crippen LogP contribution is 2.58. The highest BCUT2D eigenvalue weighted by Gasteiger charge is 2.63. The van der Waals surface area contributed by atoms with Crippen molar-refractivity contribution in [3.63, 3.8) is 0 Å². The minimum absolute atomic E-state index is 0.00144. The maximum absolute atomic E-state index is 11.0. The number of aliphatic hydroxyl groups is 1. The summed E-state index contributed by atoms with van der Waals surface area (Å²) in [7, 11) is 3.60. The maximum atomic E-state index is 11.0. The van der Waals surface area contributed by atoms with Gasteiger partial charge in [-0.05, 0) is 304 Å². The van der Waals surface area contributed by atoms with Crippen LogP contribution in [0.15, 0.2) is 0 Å². The molecule has 0 aromatic rings. The summed E-state index contributed by atoms with van der Waals surface area (Å²) in [4.78, 5) is 11.0. The van der Waals surface area contributed by atoms with Crippen molar-refractivity contribution in [2.24, 2.45) is 71.0 Å². The topological polar surface area (TPSA) is 171 Å². The first-order chi connectivity index (χ1) is 44.3. The van der Waals surface area contributed by atoms with E-state index in [1.54, 1.807) is 14.0 Å². The highest BCUT2D eigenvalue weighted by molar-refractivity contribution is 5.78. The van der Waals surface area contributed by atoms with E-state index < -0.39 is 5.60 Å². The monoisotopic (exact) mass is 1340 g/mol. The Morgan fingerprint density at radius 2 is 0.853 bits per heavy atom. The van der Waals surface area contributed by atoms with Gasteiger partial charge >= 0.3 is 0 Å². The van der Waals surface area contributed by atoms with Gasteiger partial charge in [0.05, 0.1) is 98.7 Å². The van der Waals surface area contributed by atoms with E-state index in [0.29, 0.717) is 95.9 Å². The summed E-state index contributed by atoms with van der Waals surface area (Å²) < 4.78 is 67.6. The van der Waals surface area contributed by atoms with Gasteiger partial charge in [0.25, 0.3) is 0 Å². The minimum atomic E-state index is -0.521. The van der Waals surface area contributed by atoms with E-state index in [1.807, 2.05) is 21.0 Å². The molecule has 26 atom stereocenters. The summed E-state index contributed by atoms with van der Waals surface area (Å²) in [6.07, 6.45) is 28.5. The SMILES string of the molecule is CC(=O)C1CCC2(C)OC2C1.CC(C)(O)C1CCC2(C)OC2C1.CCCCOCC(C)C1CCC2(C)OC2C1.CCOC(C)(C)C1CC2OC2(C)CC1C.CCOCC(C)C1CCC2(C)OC2C1.COC(C)(C)C1CC2OC2(C)CC1C.COCC(C)C1CCC2(C)OC2C1. The maximum Gasteiger partial charge on any atom is 0.133 e. The van der Waals surface area contributed by atoms with Crippen molar-refractivity contribution in [2.75, 3.05) is 53.9 Å². The fourth-order valence-electron chi connectivity index (χ4n) is 19.0. The van der Waals surface area contributed by atoms with E-state index >= 15 is 0 Å². The van der Waals surface area contributed by atoms with Gasteiger partial charge in [-0.1, -0.05) is 48.0 Å². The molecule has 7 saturated carbocycles. The highest BCUT2D eigenvalue weighted by atomic mass is 16.6. The third-order valence-corrected chi connectivity index (χ3v) is 27.4. The van der Waals surface area contributed by atoms with Gasteiger partial charge in [0.1, 0.15) is 5.78 Å². The number of carbonyl (C=O) groups excluding carboxylic acids is 1. The molecule has 554 valence electrons. The largest absolute Gasteiger partial charge is 0.390 e. The molecular formula is C81H146O14. The summed E-state index contributed by atoms with van der Waals surface area (Å²) in [5.74, 6) is 8.28. The molecule has 0 bridgehead atoms. The van der Waals surface area contributed by atoms with Crippen LogP contribution in [0.25, 0.3) is 0 Å². The molecule has 0 spiro atoms. The van der Waals surface area contributed by atoms with E-state index in [2.05, 4.69) is 132 Å². The zero-order valence-electron chi connectivity index (χ0n) is 65.3. The van der Waals surface area contributed by atoms with Gasteiger partial charge in [-0.15, -0.1) is 0 Å². The van der Waals surface area contributed by atoms with Crippen LogP contribution in [-0.2, 0) is 61.6 Å². The summed E-state index contributed by atoms with van der Waals surface area (Å²) in [5.41, 5.74) is 1.03. The van der Waals surface area contributed by atoms with Gasteiger partial charge < -0.3 is 61.9 Å². The lowest BCUT2D eigenvalue weighted by Gasteiger charge is -2.40. The van der Waals surface area contributed by atoms with Gasteiger partial charge in [-0.25, -0.2) is 0 Å². The Kier molecular flexibility index (Phi) is 26.6. The van der Waals surface area contributed by atoms with Gasteiger partial charge in [0.2, 0.25) is 0 Å². The second-order valence-corrected chi connectivity index (χ2v) is 36.6. The first kappa shape index (κ1) is 79.8. The van der Waals surface area contributed by atoms with Crippen molar-refractivity contribution < 1.29 is 66.7 Å². The van der Waals surface area contributed by atoms with E-state index in [9.17, 15) is 9.90 Å². The molecular weight excluding hydrogens is 1200 g/mol. The average molecular weight is 1340 g/mol. The zero-order chi connectivity index (χ0) is 70.1. The molecule has 7 saturated heterocycles. The molecule has 14 rings (SSSR count). The van der Waals surface area contributed by atoms with Crippen LogP contribution in [0.5, 0.6) is 0 Å². The Hall–Kier alpha value is -0.850. The number of epoxide rings is 7. The Morgan fingerprint density at radius 1 is 0.484 bits per heavy atom. The van der Waals surface area contributed by atoms with E-state index in [1.165, 1.54) is 96.3 Å². The fourth-order valence-corrected chi connectivity index (χ4v) is 19.0. The smallest absolute Gasteiger partial charge is 0.133 e. The molecule has 26 unspecified atom stereocenters. The lowest BCUT2D eigenvalue weighted by molar-refractivity contribution is -0.121. The number of methoxy groups -OCH3 is 2. The third-order valence-electron chi connectivity index (χ3n) is 27.4. The zero-order valence-corrected chi connectivity index (χ0v) is 65.3. The van der Waals surface area contributed by atoms with Crippen LogP contribution in [0.1, 0.15) is 287 Å². The van der Waals surface area contributed by atoms with Crippen LogP contribution in [0.4, 0.5) is 0 Å². The molecule has 0 aromatic heterocycles. The van der Waals surface area contributed by atoms with E-state index in [4.69, 9.17) is 56.8 Å². The van der Waals surface area contributed by atoms with Crippen LogP contribution in [0, 0.1) is 71.0 Å². The van der Waals surface area contributed by atoms with Crippen molar-refractivity contribution in [1.29, 1.82) is 0 Å². The quantitative estimate of drug-likeness (QED) is 0.0902. The number of ether oxygens (including phenoxy) is 12. The number of ketones is 1. The number of fused-ring (bicyclic) bond motifs is 7. The first-order valence-corrected chi connectivity index (χ1v) is 39.1. The second kappa shape index (κ2) is 31.6. The van der Waals surface area contributed by atoms with E-state index in [-0.39, 0.29) is 56.3 Å². The molecule has 14 nitrogen and oxygen atoms in total. The van der Waals surface area contributed by atoms with Crippen LogP contribution >= 0.6 is 0 Å². The van der Waals surface area contributed by atoms with Crippen LogP contribution < -0.4 is 0 Å². The number of rotatable bonds is 20. The molecule has 7 aliphatic carbocycles. The number of hydrogen-bond donors (Lipinski definition) is 1. The molecule has 0 radical (unpaired) electrons. The molecule has 14 aliphatic rings. The summed E-state index contributed by atoms with van der Waals surface area (Å²) in [6, 6.07) is 0. The number of carbonyl (C=O) groups is 1. The molecule has 0 amide bonds. The molecule has 14 fully saturated rings. The van der Waals surface area contributed by atoms with Crippen LogP contribution in [-0.4, -0.2) is 163 Å². The summed E-state index contributed by atoms with van der Waals surface area (Å²) in [5, 5.41) is 9.81. The fraction of sp³-hybridized carbons (Fsp3) is 0.988. The molecule has 14 heteroatoms. The predicted octanol–water partition coefficient (Wildman–Crippen LogP) is 17.1. The molecule has 95 heavy (non-hydrogen) atoms. The number of unbranched alkanes of at least 4 members (excludes halogenated alkanes) is 1. The average Bonchev–Trinajstić information content (AvgIpc) is 1.62. The van der Waals surface area contributed by atoms with Crippen molar-refractivity contribution >= 4 is 5.78 Å². The molecule has 1 N–H and O–H groups in total. The Morgan fingerprint density at radius 3 is 1.21 bits per heavy atom. The van der Waals surface area contributed by atoms with Gasteiger partial charge in [-0.3, -0.25) is 4.79 Å². The van der Waals surface area contributed by atoms with Gasteiger partial charge in [0.15, 0.2) is 0 Å².